The van der Waals surface area contributed by atoms with Crippen molar-refractivity contribution in [3.63, 3.8) is 0 Å². The monoisotopic (exact) mass is 238 g/mol. The number of nitrogens with zero attached hydrogens (tertiary/aromatic N) is 2. The van der Waals surface area contributed by atoms with Gasteiger partial charge in [0.2, 0.25) is 5.76 Å². The molecule has 1 saturated heterocycles. The predicted octanol–water partition coefficient (Wildman–Crippen LogP) is 1.15. The fraction of sp³-hybridized carbons (Fsp3) is 0.455. The molecule has 1 aliphatic heterocycles. The number of urea groups is 1. The third-order valence-corrected chi connectivity index (χ3v) is 2.89. The quantitative estimate of drug-likeness (QED) is 0.857. The first-order valence-corrected chi connectivity index (χ1v) is 5.31. The van der Waals surface area contributed by atoms with Crippen molar-refractivity contribution in [2.75, 3.05) is 20.1 Å². The second kappa shape index (κ2) is 4.12. The van der Waals surface area contributed by atoms with Gasteiger partial charge in [-0.15, -0.1) is 0 Å². The highest BCUT2D eigenvalue weighted by Gasteiger charge is 2.26. The van der Waals surface area contributed by atoms with Crippen LogP contribution in [0.3, 0.4) is 0 Å². The molecule has 1 N–H and O–H groups in total. The van der Waals surface area contributed by atoms with Gasteiger partial charge in [-0.2, -0.15) is 0 Å². The van der Waals surface area contributed by atoms with E-state index in [-0.39, 0.29) is 11.8 Å². The molecular formula is C11H14N2O4. The van der Waals surface area contributed by atoms with E-state index < -0.39 is 5.97 Å². The van der Waals surface area contributed by atoms with Crippen molar-refractivity contribution in [3.05, 3.63) is 23.2 Å². The van der Waals surface area contributed by atoms with Crippen molar-refractivity contribution in [1.29, 1.82) is 0 Å². The third-order valence-electron chi connectivity index (χ3n) is 2.89. The number of carboxylic acids is 1. The topological polar surface area (TPSA) is 74.0 Å². The van der Waals surface area contributed by atoms with E-state index in [0.717, 1.165) is 5.56 Å². The van der Waals surface area contributed by atoms with Gasteiger partial charge in [-0.25, -0.2) is 9.59 Å². The normalized spacial score (nSPS) is 15.8. The van der Waals surface area contributed by atoms with Crippen molar-refractivity contribution in [1.82, 2.24) is 9.80 Å². The van der Waals surface area contributed by atoms with Gasteiger partial charge in [0.05, 0.1) is 6.54 Å². The zero-order chi connectivity index (χ0) is 12.6. The number of carbonyl (C=O) groups is 2. The summed E-state index contributed by atoms with van der Waals surface area (Å²) in [4.78, 5) is 25.7. The maximum Gasteiger partial charge on any atom is 0.371 e. The van der Waals surface area contributed by atoms with Crippen LogP contribution in [0.4, 0.5) is 4.79 Å². The largest absolute Gasteiger partial charge is 0.475 e. The molecule has 0 unspecified atom stereocenters. The number of hydrogen-bond donors (Lipinski definition) is 1. The first-order chi connectivity index (χ1) is 7.99. The summed E-state index contributed by atoms with van der Waals surface area (Å²) < 4.78 is 5.10. The minimum absolute atomic E-state index is 0.0394. The molecule has 17 heavy (non-hydrogen) atoms. The number of amides is 2. The third kappa shape index (κ3) is 2.11. The van der Waals surface area contributed by atoms with E-state index >= 15 is 0 Å². The molecule has 1 aromatic heterocycles. The maximum atomic E-state index is 11.7. The Bertz CT molecular complexity index is 466. The number of hydrogen-bond acceptors (Lipinski definition) is 3. The maximum absolute atomic E-state index is 11.7. The molecule has 92 valence electrons. The highest BCUT2D eigenvalue weighted by atomic mass is 16.4. The molecule has 0 aliphatic carbocycles. The Labute approximate surface area is 98.4 Å². The van der Waals surface area contributed by atoms with E-state index in [4.69, 9.17) is 9.52 Å². The van der Waals surface area contributed by atoms with Gasteiger partial charge in [0.1, 0.15) is 5.76 Å². The van der Waals surface area contributed by atoms with Crippen molar-refractivity contribution in [3.8, 4) is 0 Å². The smallest absolute Gasteiger partial charge is 0.371 e. The average Bonchev–Trinajstić information content (AvgIpc) is 2.77. The Morgan fingerprint density at radius 3 is 2.71 bits per heavy atom. The summed E-state index contributed by atoms with van der Waals surface area (Å²) in [6.45, 7) is 3.45. The second-order valence-corrected chi connectivity index (χ2v) is 4.12. The van der Waals surface area contributed by atoms with Gasteiger partial charge in [0.25, 0.3) is 0 Å². The Morgan fingerprint density at radius 2 is 2.24 bits per heavy atom. The van der Waals surface area contributed by atoms with Gasteiger partial charge < -0.3 is 19.3 Å². The van der Waals surface area contributed by atoms with Gasteiger partial charge in [0.15, 0.2) is 0 Å². The van der Waals surface area contributed by atoms with E-state index in [1.165, 1.54) is 6.07 Å². The van der Waals surface area contributed by atoms with Crippen LogP contribution in [0, 0.1) is 6.92 Å². The zero-order valence-corrected chi connectivity index (χ0v) is 9.77. The molecular weight excluding hydrogens is 224 g/mol. The molecule has 2 amide bonds. The molecule has 1 aromatic rings. The fourth-order valence-corrected chi connectivity index (χ4v) is 1.84. The summed E-state index contributed by atoms with van der Waals surface area (Å²) in [7, 11) is 1.74. The molecule has 0 spiro atoms. The lowest BCUT2D eigenvalue weighted by Crippen LogP contribution is -2.28. The fourth-order valence-electron chi connectivity index (χ4n) is 1.84. The summed E-state index contributed by atoms with van der Waals surface area (Å²) in [5, 5.41) is 8.79. The Hall–Kier alpha value is -1.98. The van der Waals surface area contributed by atoms with Gasteiger partial charge in [-0.1, -0.05) is 0 Å². The van der Waals surface area contributed by atoms with Crippen molar-refractivity contribution in [2.45, 2.75) is 13.5 Å². The summed E-state index contributed by atoms with van der Waals surface area (Å²) in [5.74, 6) is -0.633. The SMILES string of the molecule is Cc1oc(C(=O)O)cc1CN1CCN(C)C1=O. The molecule has 0 bridgehead atoms. The first kappa shape index (κ1) is 11.5. The van der Waals surface area contributed by atoms with Gasteiger partial charge >= 0.3 is 12.0 Å². The van der Waals surface area contributed by atoms with Crippen LogP contribution in [-0.4, -0.2) is 47.0 Å². The molecule has 2 heterocycles. The Kier molecular flexibility index (Phi) is 2.79. The average molecular weight is 238 g/mol. The second-order valence-electron chi connectivity index (χ2n) is 4.12. The molecule has 2 rings (SSSR count). The summed E-state index contributed by atoms with van der Waals surface area (Å²) in [6, 6.07) is 1.44. The summed E-state index contributed by atoms with van der Waals surface area (Å²) >= 11 is 0. The van der Waals surface area contributed by atoms with Crippen LogP contribution in [0.5, 0.6) is 0 Å². The van der Waals surface area contributed by atoms with Crippen molar-refractivity contribution < 1.29 is 19.1 Å². The Morgan fingerprint density at radius 1 is 1.53 bits per heavy atom. The van der Waals surface area contributed by atoms with E-state index in [9.17, 15) is 9.59 Å². The van der Waals surface area contributed by atoms with Crippen LogP contribution in [-0.2, 0) is 6.54 Å². The molecule has 6 heteroatoms. The molecule has 6 nitrogen and oxygen atoms in total. The zero-order valence-electron chi connectivity index (χ0n) is 9.77. The van der Waals surface area contributed by atoms with Crippen molar-refractivity contribution in [2.24, 2.45) is 0 Å². The lowest BCUT2D eigenvalue weighted by molar-refractivity contribution is 0.0661. The van der Waals surface area contributed by atoms with Gasteiger partial charge in [-0.05, 0) is 13.0 Å². The first-order valence-electron chi connectivity index (χ1n) is 5.31. The number of aromatic carboxylic acids is 1. The number of carbonyl (C=O) groups excluding carboxylic acids is 1. The van der Waals surface area contributed by atoms with Crippen LogP contribution >= 0.6 is 0 Å². The van der Waals surface area contributed by atoms with Crippen molar-refractivity contribution >= 4 is 12.0 Å². The number of aryl methyl sites for hydroxylation is 1. The number of carboxylic acid groups (broad SMARTS) is 1. The number of furan rings is 1. The van der Waals surface area contributed by atoms with E-state index in [1.54, 1.807) is 23.8 Å². The standard InChI is InChI=1S/C11H14N2O4/c1-7-8(5-9(17-7)10(14)15)6-13-4-3-12(2)11(13)16/h5H,3-4,6H2,1-2H3,(H,14,15). The van der Waals surface area contributed by atoms with Gasteiger partial charge in [0, 0.05) is 25.7 Å². The van der Waals surface area contributed by atoms with E-state index in [2.05, 4.69) is 0 Å². The molecule has 1 aliphatic rings. The molecule has 0 saturated carbocycles. The predicted molar refractivity (Wildman–Crippen MR) is 58.8 cm³/mol. The molecule has 1 fully saturated rings. The van der Waals surface area contributed by atoms with E-state index in [1.807, 2.05) is 0 Å². The molecule has 0 aromatic carbocycles. The van der Waals surface area contributed by atoms with Gasteiger partial charge in [-0.3, -0.25) is 0 Å². The lowest BCUT2D eigenvalue weighted by Gasteiger charge is -2.14. The minimum Gasteiger partial charge on any atom is -0.475 e. The molecule has 0 radical (unpaired) electrons. The summed E-state index contributed by atoms with van der Waals surface area (Å²) in [6.07, 6.45) is 0. The molecule has 0 atom stereocenters. The highest BCUT2D eigenvalue weighted by molar-refractivity contribution is 5.84. The summed E-state index contributed by atoms with van der Waals surface area (Å²) in [5.41, 5.74) is 0.742. The van der Waals surface area contributed by atoms with E-state index in [0.29, 0.717) is 25.4 Å². The van der Waals surface area contributed by atoms with Crippen LogP contribution in [0.2, 0.25) is 0 Å². The Balaban J connectivity index is 2.14. The number of likely N-dealkylation sites (N-methyl/N-ethyl adjacent to an activating group) is 1. The number of rotatable bonds is 3. The van der Waals surface area contributed by atoms with Crippen LogP contribution < -0.4 is 0 Å². The van der Waals surface area contributed by atoms with Crippen LogP contribution in [0.25, 0.3) is 0 Å². The minimum atomic E-state index is -1.09. The van der Waals surface area contributed by atoms with Crippen LogP contribution in [0.15, 0.2) is 10.5 Å². The lowest BCUT2D eigenvalue weighted by atomic mass is 10.2. The highest BCUT2D eigenvalue weighted by Crippen LogP contribution is 2.19. The van der Waals surface area contributed by atoms with Crippen LogP contribution in [0.1, 0.15) is 21.9 Å².